The van der Waals surface area contributed by atoms with E-state index in [1.54, 1.807) is 6.92 Å². The Morgan fingerprint density at radius 1 is 1.06 bits per heavy atom. The fraction of sp³-hybridized carbons (Fsp3) is 0.333. The molecule has 32 heavy (non-hydrogen) atoms. The maximum absolute atomic E-state index is 13.1. The molecule has 0 heterocycles. The minimum Gasteiger partial charge on any atom is -0.330 e. The normalized spacial score (nSPS) is 14.1. The minimum atomic E-state index is -4.64. The van der Waals surface area contributed by atoms with Crippen LogP contribution in [0.3, 0.4) is 0 Å². The summed E-state index contributed by atoms with van der Waals surface area (Å²) in [6, 6.07) is 9.77. The van der Waals surface area contributed by atoms with Crippen molar-refractivity contribution in [3.05, 3.63) is 59.7 Å². The number of anilines is 1. The number of rotatable bonds is 8. The lowest BCUT2D eigenvalue weighted by molar-refractivity contribution is -0.137. The summed E-state index contributed by atoms with van der Waals surface area (Å²) in [7, 11) is -3.67. The van der Waals surface area contributed by atoms with Crippen molar-refractivity contribution in [2.75, 3.05) is 18.4 Å². The molecule has 1 aliphatic rings. The third kappa shape index (κ3) is 5.86. The molecule has 1 saturated carbocycles. The van der Waals surface area contributed by atoms with Crippen molar-refractivity contribution < 1.29 is 31.2 Å². The van der Waals surface area contributed by atoms with Crippen molar-refractivity contribution >= 4 is 27.5 Å². The summed E-state index contributed by atoms with van der Waals surface area (Å²) in [4.78, 5) is 26.2. The van der Waals surface area contributed by atoms with E-state index in [0.717, 1.165) is 29.9 Å². The van der Waals surface area contributed by atoms with Gasteiger partial charge >= 0.3 is 6.18 Å². The van der Waals surface area contributed by atoms with E-state index in [2.05, 4.69) is 10.0 Å². The second-order valence-corrected chi connectivity index (χ2v) is 9.04. The number of para-hydroxylation sites is 1. The van der Waals surface area contributed by atoms with Crippen LogP contribution in [0.25, 0.3) is 0 Å². The lowest BCUT2D eigenvalue weighted by atomic mass is 10.1. The van der Waals surface area contributed by atoms with Crippen LogP contribution in [0.4, 0.5) is 18.9 Å². The molecule has 11 heteroatoms. The van der Waals surface area contributed by atoms with Crippen LogP contribution in [-0.4, -0.2) is 44.3 Å². The predicted molar refractivity (Wildman–Crippen MR) is 111 cm³/mol. The SMILES string of the molecule is CCN(CC(=O)Nc1ccccc1C(F)(F)F)C(=O)c1ccc(S(=O)(=O)NC2CC2)cc1. The Morgan fingerprint density at radius 3 is 2.25 bits per heavy atom. The molecule has 0 aliphatic heterocycles. The average Bonchev–Trinajstić information content (AvgIpc) is 3.54. The number of benzene rings is 2. The van der Waals surface area contributed by atoms with Gasteiger partial charge in [-0.3, -0.25) is 9.59 Å². The van der Waals surface area contributed by atoms with Gasteiger partial charge in [0, 0.05) is 18.2 Å². The van der Waals surface area contributed by atoms with Gasteiger partial charge in [0.2, 0.25) is 15.9 Å². The average molecular weight is 469 g/mol. The third-order valence-corrected chi connectivity index (χ3v) is 6.36. The van der Waals surface area contributed by atoms with Gasteiger partial charge in [0.05, 0.1) is 16.1 Å². The van der Waals surface area contributed by atoms with Gasteiger partial charge in [-0.25, -0.2) is 13.1 Å². The van der Waals surface area contributed by atoms with Crippen LogP contribution in [-0.2, 0) is 21.0 Å². The number of hydrogen-bond acceptors (Lipinski definition) is 4. The number of amides is 2. The van der Waals surface area contributed by atoms with Gasteiger partial charge < -0.3 is 10.2 Å². The number of likely N-dealkylation sites (N-methyl/N-ethyl adjacent to an activating group) is 1. The predicted octanol–water partition coefficient (Wildman–Crippen LogP) is 3.25. The first kappa shape index (κ1) is 23.7. The first-order chi connectivity index (χ1) is 15.0. The quantitative estimate of drug-likeness (QED) is 0.621. The summed E-state index contributed by atoms with van der Waals surface area (Å²) < 4.78 is 66.3. The van der Waals surface area contributed by atoms with Crippen molar-refractivity contribution in [2.24, 2.45) is 0 Å². The standard InChI is InChI=1S/C21H22F3N3O4S/c1-2-27(13-19(28)25-18-6-4-3-5-17(18)21(22,23)24)20(29)14-7-11-16(12-8-14)32(30,31)26-15-9-10-15/h3-8,11-12,15,26H,2,9-10,13H2,1H3,(H,25,28). The van der Waals surface area contributed by atoms with Crippen molar-refractivity contribution in [3.63, 3.8) is 0 Å². The zero-order valence-corrected chi connectivity index (χ0v) is 18.0. The van der Waals surface area contributed by atoms with E-state index >= 15 is 0 Å². The number of halogens is 3. The first-order valence-electron chi connectivity index (χ1n) is 9.89. The maximum Gasteiger partial charge on any atom is 0.418 e. The van der Waals surface area contributed by atoms with Gasteiger partial charge in [0.1, 0.15) is 6.54 Å². The summed E-state index contributed by atoms with van der Waals surface area (Å²) in [6.07, 6.45) is -3.06. The molecular formula is C21H22F3N3O4S. The highest BCUT2D eigenvalue weighted by Gasteiger charge is 2.34. The second kappa shape index (κ2) is 9.29. The van der Waals surface area contributed by atoms with Crippen LogP contribution in [0.1, 0.15) is 35.7 Å². The number of nitrogens with zero attached hydrogens (tertiary/aromatic N) is 1. The molecule has 0 spiro atoms. The molecule has 2 aromatic rings. The maximum atomic E-state index is 13.1. The van der Waals surface area contributed by atoms with E-state index in [-0.39, 0.29) is 23.0 Å². The summed E-state index contributed by atoms with van der Waals surface area (Å²) in [6.45, 7) is 1.27. The highest BCUT2D eigenvalue weighted by atomic mass is 32.2. The lowest BCUT2D eigenvalue weighted by Crippen LogP contribution is -2.38. The molecule has 2 N–H and O–H groups in total. The van der Waals surface area contributed by atoms with Crippen molar-refractivity contribution in [2.45, 2.75) is 36.9 Å². The Balaban J connectivity index is 1.68. The van der Waals surface area contributed by atoms with E-state index in [1.165, 1.54) is 36.4 Å². The van der Waals surface area contributed by atoms with Gasteiger partial charge in [-0.15, -0.1) is 0 Å². The molecule has 3 rings (SSSR count). The summed E-state index contributed by atoms with van der Waals surface area (Å²) in [5.74, 6) is -1.34. The fourth-order valence-electron chi connectivity index (χ4n) is 2.98. The minimum absolute atomic E-state index is 0.0190. The van der Waals surface area contributed by atoms with Crippen LogP contribution in [0.2, 0.25) is 0 Å². The molecule has 2 aromatic carbocycles. The Bertz CT molecular complexity index is 1100. The Kier molecular flexibility index (Phi) is 6.89. The smallest absolute Gasteiger partial charge is 0.330 e. The topological polar surface area (TPSA) is 95.6 Å². The summed E-state index contributed by atoms with van der Waals surface area (Å²) >= 11 is 0. The molecule has 0 bridgehead atoms. The molecule has 2 amide bonds. The van der Waals surface area contributed by atoms with Crippen LogP contribution in [0.5, 0.6) is 0 Å². The van der Waals surface area contributed by atoms with Crippen LogP contribution in [0.15, 0.2) is 53.4 Å². The van der Waals surface area contributed by atoms with Gasteiger partial charge in [0.25, 0.3) is 5.91 Å². The second-order valence-electron chi connectivity index (χ2n) is 7.33. The number of sulfonamides is 1. The van der Waals surface area contributed by atoms with Crippen molar-refractivity contribution in [3.8, 4) is 0 Å². The van der Waals surface area contributed by atoms with E-state index in [4.69, 9.17) is 0 Å². The Hall–Kier alpha value is -2.92. The highest BCUT2D eigenvalue weighted by molar-refractivity contribution is 7.89. The van der Waals surface area contributed by atoms with Crippen LogP contribution < -0.4 is 10.0 Å². The summed E-state index contributed by atoms with van der Waals surface area (Å²) in [5.41, 5.74) is -1.23. The van der Waals surface area contributed by atoms with E-state index < -0.39 is 45.8 Å². The van der Waals surface area contributed by atoms with Crippen molar-refractivity contribution in [1.29, 1.82) is 0 Å². The van der Waals surface area contributed by atoms with Gasteiger partial charge in [-0.05, 0) is 56.2 Å². The molecular weight excluding hydrogens is 447 g/mol. The molecule has 0 atom stereocenters. The van der Waals surface area contributed by atoms with Crippen molar-refractivity contribution in [1.82, 2.24) is 9.62 Å². The van der Waals surface area contributed by atoms with Gasteiger partial charge in [-0.2, -0.15) is 13.2 Å². The largest absolute Gasteiger partial charge is 0.418 e. The number of hydrogen-bond donors (Lipinski definition) is 2. The highest BCUT2D eigenvalue weighted by Crippen LogP contribution is 2.34. The zero-order chi connectivity index (χ0) is 23.5. The Morgan fingerprint density at radius 2 is 1.69 bits per heavy atom. The van der Waals surface area contributed by atoms with E-state index in [0.29, 0.717) is 0 Å². The lowest BCUT2D eigenvalue weighted by Gasteiger charge is -2.21. The molecule has 172 valence electrons. The zero-order valence-electron chi connectivity index (χ0n) is 17.1. The number of carbonyl (C=O) groups is 2. The fourth-order valence-corrected chi connectivity index (χ4v) is 4.28. The first-order valence-corrected chi connectivity index (χ1v) is 11.4. The van der Waals surface area contributed by atoms with E-state index in [1.807, 2.05) is 0 Å². The monoisotopic (exact) mass is 469 g/mol. The molecule has 1 fully saturated rings. The van der Waals surface area contributed by atoms with Crippen LogP contribution >= 0.6 is 0 Å². The molecule has 0 radical (unpaired) electrons. The number of carbonyl (C=O) groups excluding carboxylic acids is 2. The van der Waals surface area contributed by atoms with Crippen LogP contribution in [0, 0.1) is 0 Å². The summed E-state index contributed by atoms with van der Waals surface area (Å²) in [5, 5.41) is 2.20. The van der Waals surface area contributed by atoms with Gasteiger partial charge in [-0.1, -0.05) is 12.1 Å². The molecule has 0 saturated heterocycles. The number of nitrogens with one attached hydrogen (secondary N) is 2. The molecule has 0 unspecified atom stereocenters. The molecule has 0 aromatic heterocycles. The Labute approximate surface area is 183 Å². The van der Waals surface area contributed by atoms with Gasteiger partial charge in [0.15, 0.2) is 0 Å². The molecule has 1 aliphatic carbocycles. The molecule has 7 nitrogen and oxygen atoms in total. The van der Waals surface area contributed by atoms with E-state index in [9.17, 15) is 31.2 Å². The number of alkyl halides is 3. The third-order valence-electron chi connectivity index (χ3n) is 4.82.